The van der Waals surface area contributed by atoms with E-state index in [1.807, 2.05) is 24.3 Å². The Hall–Kier alpha value is -3.13. The molecule has 0 radical (unpaired) electrons. The number of anilines is 2. The lowest BCUT2D eigenvalue weighted by Gasteiger charge is -2.15. The van der Waals surface area contributed by atoms with Gasteiger partial charge in [-0.25, -0.2) is 0 Å². The van der Waals surface area contributed by atoms with Gasteiger partial charge < -0.3 is 10.6 Å². The average molecular weight is 321 g/mol. The third-order valence-corrected chi connectivity index (χ3v) is 3.52. The standard InChI is InChI=1S/C19H19N3O2/c1-13(2)14-7-3-5-9-16(14)22-19(24)15-8-4-6-10-17(15)21-18(23)11-12-20/h3-10,13H,11H2,1-2H3,(H,21,23)(H,22,24). The van der Waals surface area contributed by atoms with Crippen molar-refractivity contribution < 1.29 is 9.59 Å². The fraction of sp³-hybridized carbons (Fsp3) is 0.211. The number of nitriles is 1. The Morgan fingerprint density at radius 2 is 1.62 bits per heavy atom. The summed E-state index contributed by atoms with van der Waals surface area (Å²) in [5.41, 5.74) is 2.52. The summed E-state index contributed by atoms with van der Waals surface area (Å²) in [7, 11) is 0. The second-order valence-corrected chi connectivity index (χ2v) is 5.62. The van der Waals surface area contributed by atoms with Gasteiger partial charge in [0.25, 0.3) is 5.91 Å². The molecule has 0 atom stereocenters. The number of hydrogen-bond donors (Lipinski definition) is 2. The smallest absolute Gasteiger partial charge is 0.257 e. The molecule has 0 saturated carbocycles. The van der Waals surface area contributed by atoms with Gasteiger partial charge in [0, 0.05) is 5.69 Å². The summed E-state index contributed by atoms with van der Waals surface area (Å²) in [4.78, 5) is 24.2. The lowest BCUT2D eigenvalue weighted by atomic mass is 10.0. The molecule has 0 aromatic heterocycles. The van der Waals surface area contributed by atoms with Gasteiger partial charge in [-0.05, 0) is 29.7 Å². The van der Waals surface area contributed by atoms with Crippen molar-refractivity contribution in [3.63, 3.8) is 0 Å². The van der Waals surface area contributed by atoms with Crippen LogP contribution in [0.3, 0.4) is 0 Å². The first-order valence-corrected chi connectivity index (χ1v) is 7.69. The fourth-order valence-corrected chi connectivity index (χ4v) is 2.36. The van der Waals surface area contributed by atoms with Crippen molar-refractivity contribution >= 4 is 23.2 Å². The van der Waals surface area contributed by atoms with Gasteiger partial charge in [-0.2, -0.15) is 5.26 Å². The van der Waals surface area contributed by atoms with Crippen molar-refractivity contribution in [3.8, 4) is 6.07 Å². The SMILES string of the molecule is CC(C)c1ccccc1NC(=O)c1ccccc1NC(=O)CC#N. The normalized spacial score (nSPS) is 10.1. The Kier molecular flexibility index (Phi) is 5.69. The Bertz CT molecular complexity index is 791. The van der Waals surface area contributed by atoms with E-state index in [9.17, 15) is 9.59 Å². The molecule has 5 nitrogen and oxygen atoms in total. The van der Waals surface area contributed by atoms with Gasteiger partial charge >= 0.3 is 0 Å². The minimum Gasteiger partial charge on any atom is -0.324 e. The number of hydrogen-bond acceptors (Lipinski definition) is 3. The highest BCUT2D eigenvalue weighted by Gasteiger charge is 2.15. The Morgan fingerprint density at radius 3 is 2.29 bits per heavy atom. The molecule has 0 bridgehead atoms. The van der Waals surface area contributed by atoms with Gasteiger partial charge in [0.2, 0.25) is 5.91 Å². The van der Waals surface area contributed by atoms with E-state index in [1.54, 1.807) is 30.3 Å². The summed E-state index contributed by atoms with van der Waals surface area (Å²) in [6.45, 7) is 4.11. The molecule has 5 heteroatoms. The topological polar surface area (TPSA) is 82.0 Å². The molecule has 0 aliphatic heterocycles. The zero-order valence-corrected chi connectivity index (χ0v) is 13.7. The average Bonchev–Trinajstić information content (AvgIpc) is 2.55. The van der Waals surface area contributed by atoms with Crippen LogP contribution >= 0.6 is 0 Å². The number of amides is 2. The second-order valence-electron chi connectivity index (χ2n) is 5.62. The predicted molar refractivity (Wildman–Crippen MR) is 93.8 cm³/mol. The van der Waals surface area contributed by atoms with E-state index in [0.717, 1.165) is 11.3 Å². The van der Waals surface area contributed by atoms with E-state index < -0.39 is 5.91 Å². The summed E-state index contributed by atoms with van der Waals surface area (Å²) in [6.07, 6.45) is -0.258. The molecule has 2 rings (SSSR count). The first kappa shape index (κ1) is 17.2. The largest absolute Gasteiger partial charge is 0.324 e. The van der Waals surface area contributed by atoms with Gasteiger partial charge in [-0.15, -0.1) is 0 Å². The number of carbonyl (C=O) groups is 2. The maximum Gasteiger partial charge on any atom is 0.257 e. The van der Waals surface area contributed by atoms with Gasteiger partial charge in [-0.1, -0.05) is 44.2 Å². The number of carbonyl (C=O) groups excluding carboxylic acids is 2. The molecule has 122 valence electrons. The molecular weight excluding hydrogens is 302 g/mol. The van der Waals surface area contributed by atoms with E-state index in [4.69, 9.17) is 5.26 Å². The molecule has 24 heavy (non-hydrogen) atoms. The molecule has 0 heterocycles. The lowest BCUT2D eigenvalue weighted by Crippen LogP contribution is -2.18. The van der Waals surface area contributed by atoms with Crippen LogP contribution in [0, 0.1) is 11.3 Å². The molecular formula is C19H19N3O2. The second kappa shape index (κ2) is 7.93. The van der Waals surface area contributed by atoms with E-state index in [1.165, 1.54) is 0 Å². The number of nitrogens with one attached hydrogen (secondary N) is 2. The Morgan fingerprint density at radius 1 is 1.00 bits per heavy atom. The van der Waals surface area contributed by atoms with Gasteiger partial charge in [0.15, 0.2) is 0 Å². The molecule has 0 spiro atoms. The fourth-order valence-electron chi connectivity index (χ4n) is 2.36. The molecule has 0 fully saturated rings. The van der Waals surface area contributed by atoms with Crippen molar-refractivity contribution in [1.82, 2.24) is 0 Å². The van der Waals surface area contributed by atoms with Crippen molar-refractivity contribution in [2.24, 2.45) is 0 Å². The van der Waals surface area contributed by atoms with E-state index in [2.05, 4.69) is 24.5 Å². The maximum absolute atomic E-state index is 12.6. The highest BCUT2D eigenvalue weighted by molar-refractivity contribution is 6.10. The summed E-state index contributed by atoms with van der Waals surface area (Å²) >= 11 is 0. The van der Waals surface area contributed by atoms with Crippen molar-refractivity contribution in [1.29, 1.82) is 5.26 Å². The van der Waals surface area contributed by atoms with Crippen molar-refractivity contribution in [2.75, 3.05) is 10.6 Å². The molecule has 0 unspecified atom stereocenters. The maximum atomic E-state index is 12.6. The number of nitrogens with zero attached hydrogens (tertiary/aromatic N) is 1. The van der Waals surface area contributed by atoms with E-state index in [0.29, 0.717) is 11.3 Å². The zero-order chi connectivity index (χ0) is 17.5. The van der Waals surface area contributed by atoms with Crippen LogP contribution in [0.25, 0.3) is 0 Å². The summed E-state index contributed by atoms with van der Waals surface area (Å²) < 4.78 is 0. The predicted octanol–water partition coefficient (Wildman–Crippen LogP) is 3.91. The third kappa shape index (κ3) is 4.20. The number of rotatable bonds is 5. The van der Waals surface area contributed by atoms with Gasteiger partial charge in [-0.3, -0.25) is 9.59 Å². The van der Waals surface area contributed by atoms with E-state index >= 15 is 0 Å². The molecule has 0 aliphatic carbocycles. The quantitative estimate of drug-likeness (QED) is 0.875. The first-order valence-electron chi connectivity index (χ1n) is 7.69. The molecule has 2 amide bonds. The summed E-state index contributed by atoms with van der Waals surface area (Å²) in [6, 6.07) is 16.1. The van der Waals surface area contributed by atoms with Crippen LogP contribution in [0.5, 0.6) is 0 Å². The summed E-state index contributed by atoms with van der Waals surface area (Å²) in [5.74, 6) is -0.483. The van der Waals surface area contributed by atoms with Crippen LogP contribution in [0.15, 0.2) is 48.5 Å². The minimum absolute atomic E-state index is 0.258. The highest BCUT2D eigenvalue weighted by atomic mass is 16.2. The Labute approximate surface area is 141 Å². The molecule has 0 aliphatic rings. The van der Waals surface area contributed by atoms with Crippen LogP contribution in [0.4, 0.5) is 11.4 Å². The molecule has 2 aromatic carbocycles. The zero-order valence-electron chi connectivity index (χ0n) is 13.7. The third-order valence-electron chi connectivity index (χ3n) is 3.52. The first-order chi connectivity index (χ1) is 11.5. The number of para-hydroxylation sites is 2. The van der Waals surface area contributed by atoms with Gasteiger partial charge in [0.1, 0.15) is 6.42 Å². The van der Waals surface area contributed by atoms with E-state index in [-0.39, 0.29) is 18.2 Å². The molecule has 2 aromatic rings. The van der Waals surface area contributed by atoms with Crippen LogP contribution in [0.1, 0.15) is 42.1 Å². The molecule has 0 saturated heterocycles. The van der Waals surface area contributed by atoms with Crippen molar-refractivity contribution in [2.45, 2.75) is 26.2 Å². The van der Waals surface area contributed by atoms with Gasteiger partial charge in [0.05, 0.1) is 17.3 Å². The minimum atomic E-state index is -0.444. The van der Waals surface area contributed by atoms with Crippen LogP contribution in [-0.4, -0.2) is 11.8 Å². The lowest BCUT2D eigenvalue weighted by molar-refractivity contribution is -0.115. The molecule has 2 N–H and O–H groups in total. The van der Waals surface area contributed by atoms with Crippen LogP contribution < -0.4 is 10.6 Å². The highest BCUT2D eigenvalue weighted by Crippen LogP contribution is 2.25. The summed E-state index contributed by atoms with van der Waals surface area (Å²) in [5, 5.41) is 14.1. The van der Waals surface area contributed by atoms with Crippen molar-refractivity contribution in [3.05, 3.63) is 59.7 Å². The number of benzene rings is 2. The van der Waals surface area contributed by atoms with Crippen LogP contribution in [0.2, 0.25) is 0 Å². The Balaban J connectivity index is 2.25. The monoisotopic (exact) mass is 321 g/mol. The van der Waals surface area contributed by atoms with Crippen LogP contribution in [-0.2, 0) is 4.79 Å².